The maximum atomic E-state index is 11.9. The van der Waals surface area contributed by atoms with Crippen molar-refractivity contribution < 1.29 is 41.2 Å². The number of esters is 1. The van der Waals surface area contributed by atoms with Crippen molar-refractivity contribution in [2.45, 2.75) is 13.1 Å². The Balaban J connectivity index is 4.11. The van der Waals surface area contributed by atoms with E-state index in [0.717, 1.165) is 0 Å². The molecule has 0 rings (SSSR count). The van der Waals surface area contributed by atoms with Crippen LogP contribution in [0.3, 0.4) is 0 Å². The van der Waals surface area contributed by atoms with Gasteiger partial charge in [0.15, 0.2) is 6.79 Å². The van der Waals surface area contributed by atoms with Gasteiger partial charge < -0.3 is 14.2 Å². The molecule has 10 heteroatoms. The largest absolute Gasteiger partial charge is 0.756 e. The molecule has 0 heterocycles. The molecular weight excluding hydrogens is 268 g/mol. The summed E-state index contributed by atoms with van der Waals surface area (Å²) in [5, 5.41) is 0. The van der Waals surface area contributed by atoms with Crippen LogP contribution in [0.25, 0.3) is 0 Å². The van der Waals surface area contributed by atoms with Crippen molar-refractivity contribution in [1.29, 1.82) is 0 Å². The zero-order valence-corrected chi connectivity index (χ0v) is 9.55. The van der Waals surface area contributed by atoms with Crippen molar-refractivity contribution in [3.05, 3.63) is 12.2 Å². The molecule has 0 aromatic carbocycles. The molecule has 0 radical (unpaired) electrons. The highest BCUT2D eigenvalue weighted by atomic mass is 31.2. The Labute approximate surface area is 94.6 Å². The number of alkyl halides is 3. The van der Waals surface area contributed by atoms with Crippen LogP contribution in [0.1, 0.15) is 6.92 Å². The molecule has 6 nitrogen and oxygen atoms in total. The molecule has 1 unspecified atom stereocenters. The maximum absolute atomic E-state index is 11.9. The van der Waals surface area contributed by atoms with Gasteiger partial charge in [-0.05, 0) is 6.92 Å². The van der Waals surface area contributed by atoms with E-state index in [0.29, 0.717) is 0 Å². The van der Waals surface area contributed by atoms with Gasteiger partial charge >= 0.3 is 12.1 Å². The normalized spacial score (nSPS) is 15.1. The Bertz CT molecular complexity index is 339. The summed E-state index contributed by atoms with van der Waals surface area (Å²) in [7, 11) is -4.66. The van der Waals surface area contributed by atoms with Gasteiger partial charge in [0.05, 0.1) is 6.61 Å². The molecule has 0 aliphatic rings. The molecule has 0 aliphatic heterocycles. The Hall–Kier alpha value is -0.890. The summed E-state index contributed by atoms with van der Waals surface area (Å²) in [6, 6.07) is 0. The van der Waals surface area contributed by atoms with Crippen LogP contribution in [0.5, 0.6) is 0 Å². The van der Waals surface area contributed by atoms with Crippen LogP contribution in [0.4, 0.5) is 13.2 Å². The van der Waals surface area contributed by atoms with Crippen molar-refractivity contribution in [3.8, 4) is 0 Å². The van der Waals surface area contributed by atoms with Gasteiger partial charge in [-0.3, -0.25) is 9.09 Å². The number of phosphoric acid groups is 1. The number of carbonyl (C=O) groups excluding carboxylic acids is 1. The minimum Gasteiger partial charge on any atom is -0.756 e. The Morgan fingerprint density at radius 1 is 1.41 bits per heavy atom. The van der Waals surface area contributed by atoms with E-state index in [9.17, 15) is 27.4 Å². The molecule has 0 N–H and O–H groups in total. The van der Waals surface area contributed by atoms with Crippen molar-refractivity contribution in [2.24, 2.45) is 0 Å². The second kappa shape index (κ2) is 6.15. The third-order valence-corrected chi connectivity index (χ3v) is 2.27. The monoisotopic (exact) mass is 277 g/mol. The minimum absolute atomic E-state index is 0.218. The minimum atomic E-state index is -4.95. The Morgan fingerprint density at radius 3 is 2.35 bits per heavy atom. The molecule has 100 valence electrons. The first-order valence-corrected chi connectivity index (χ1v) is 5.59. The van der Waals surface area contributed by atoms with Gasteiger partial charge in [0, 0.05) is 0 Å². The summed E-state index contributed by atoms with van der Waals surface area (Å²) in [4.78, 5) is 21.4. The fourth-order valence-electron chi connectivity index (χ4n) is 0.543. The zero-order chi connectivity index (χ0) is 13.7. The smallest absolute Gasteiger partial charge is 0.422 e. The van der Waals surface area contributed by atoms with Gasteiger partial charge in [0.25, 0.3) is 7.82 Å². The summed E-state index contributed by atoms with van der Waals surface area (Å²) >= 11 is 0. The number of halogens is 3. The van der Waals surface area contributed by atoms with Crippen LogP contribution < -0.4 is 4.89 Å². The van der Waals surface area contributed by atoms with Gasteiger partial charge in [-0.15, -0.1) is 0 Å². The molecule has 0 aromatic rings. The van der Waals surface area contributed by atoms with E-state index in [1.807, 2.05) is 0 Å². The van der Waals surface area contributed by atoms with E-state index in [4.69, 9.17) is 0 Å². The summed E-state index contributed by atoms with van der Waals surface area (Å²) in [6.07, 6.45) is -4.95. The highest BCUT2D eigenvalue weighted by Crippen LogP contribution is 2.37. The third kappa shape index (κ3) is 6.42. The number of carbonyl (C=O) groups is 1. The Morgan fingerprint density at radius 2 is 1.94 bits per heavy atom. The fraction of sp³-hybridized carbons (Fsp3) is 0.571. The van der Waals surface area contributed by atoms with Crippen molar-refractivity contribution >= 4 is 13.8 Å². The van der Waals surface area contributed by atoms with Crippen molar-refractivity contribution in [1.82, 2.24) is 0 Å². The van der Waals surface area contributed by atoms with E-state index in [1.54, 1.807) is 0 Å². The molecule has 0 saturated heterocycles. The first-order valence-electron chi connectivity index (χ1n) is 4.13. The van der Waals surface area contributed by atoms with Crippen molar-refractivity contribution in [3.63, 3.8) is 0 Å². The van der Waals surface area contributed by atoms with E-state index in [-0.39, 0.29) is 6.61 Å². The molecule has 0 aromatic heterocycles. The summed E-state index contributed by atoms with van der Waals surface area (Å²) < 4.78 is 58.3. The van der Waals surface area contributed by atoms with Gasteiger partial charge in [-0.2, -0.15) is 13.2 Å². The summed E-state index contributed by atoms with van der Waals surface area (Å²) in [5.41, 5.74) is -1.77. The molecular formula is C7H9F3O6P-. The van der Waals surface area contributed by atoms with Crippen LogP contribution >= 0.6 is 7.82 Å². The predicted molar refractivity (Wildman–Crippen MR) is 46.5 cm³/mol. The lowest BCUT2D eigenvalue weighted by atomic mass is 10.3. The molecule has 1 atom stereocenters. The second-order valence-corrected chi connectivity index (χ2v) is 3.93. The predicted octanol–water partition coefficient (Wildman–Crippen LogP) is 1.13. The van der Waals surface area contributed by atoms with E-state index >= 15 is 0 Å². The lowest BCUT2D eigenvalue weighted by Crippen LogP contribution is -2.22. The fourth-order valence-corrected chi connectivity index (χ4v) is 1.12. The molecule has 0 saturated carbocycles. The van der Waals surface area contributed by atoms with Crippen LogP contribution in [-0.4, -0.2) is 25.5 Å². The summed E-state index contributed by atoms with van der Waals surface area (Å²) in [5.74, 6) is -1.83. The zero-order valence-electron chi connectivity index (χ0n) is 8.65. The van der Waals surface area contributed by atoms with Crippen LogP contribution in [-0.2, 0) is 23.1 Å². The average molecular weight is 277 g/mol. The van der Waals surface area contributed by atoms with Gasteiger partial charge in [-0.1, -0.05) is 6.58 Å². The van der Waals surface area contributed by atoms with E-state index in [1.165, 1.54) is 6.92 Å². The maximum Gasteiger partial charge on any atom is 0.422 e. The van der Waals surface area contributed by atoms with Crippen LogP contribution in [0, 0.1) is 0 Å². The lowest BCUT2D eigenvalue weighted by molar-refractivity contribution is -0.231. The highest BCUT2D eigenvalue weighted by molar-refractivity contribution is 7.45. The number of hydrogen-bond donors (Lipinski definition) is 0. The van der Waals surface area contributed by atoms with Crippen molar-refractivity contribution in [2.75, 3.05) is 13.4 Å². The standard InChI is InChI=1S/C7H10F3O6P/c1-3-15-17(12,13)16-4-14-6(11)5(2)7(8,9)10/h2-4H2,1H3,(H,12,13)/p-1. The van der Waals surface area contributed by atoms with Gasteiger partial charge in [-0.25, -0.2) is 4.79 Å². The first-order chi connectivity index (χ1) is 7.60. The third-order valence-electron chi connectivity index (χ3n) is 1.28. The SMILES string of the molecule is C=C(C(=O)OCOP(=O)([O-])OCC)C(F)(F)F. The number of phosphoric ester groups is 1. The topological polar surface area (TPSA) is 84.9 Å². The van der Waals surface area contributed by atoms with Gasteiger partial charge in [0.2, 0.25) is 0 Å². The van der Waals surface area contributed by atoms with E-state index in [2.05, 4.69) is 20.4 Å². The molecule has 0 aliphatic carbocycles. The number of hydrogen-bond acceptors (Lipinski definition) is 6. The summed E-state index contributed by atoms with van der Waals surface area (Å²) in [6.45, 7) is 2.36. The number of ether oxygens (including phenoxy) is 1. The first kappa shape index (κ1) is 16.1. The molecule has 0 amide bonds. The molecule has 0 spiro atoms. The van der Waals surface area contributed by atoms with Gasteiger partial charge in [0.1, 0.15) is 5.57 Å². The second-order valence-electron chi connectivity index (χ2n) is 2.52. The Kier molecular flexibility index (Phi) is 5.83. The lowest BCUT2D eigenvalue weighted by Gasteiger charge is -2.21. The molecule has 17 heavy (non-hydrogen) atoms. The van der Waals surface area contributed by atoms with E-state index < -0.39 is 32.3 Å². The molecule has 0 fully saturated rings. The average Bonchev–Trinajstić information content (AvgIpc) is 2.14. The quantitative estimate of drug-likeness (QED) is 0.313. The molecule has 0 bridgehead atoms. The van der Waals surface area contributed by atoms with Crippen LogP contribution in [0.2, 0.25) is 0 Å². The number of rotatable bonds is 6. The van der Waals surface area contributed by atoms with Crippen LogP contribution in [0.15, 0.2) is 12.2 Å². The highest BCUT2D eigenvalue weighted by Gasteiger charge is 2.38.